The predicted octanol–water partition coefficient (Wildman–Crippen LogP) is 2.16. The average Bonchev–Trinajstić information content (AvgIpc) is 2.90. The highest BCUT2D eigenvalue weighted by atomic mass is 32.1. The lowest BCUT2D eigenvalue weighted by Crippen LogP contribution is -2.23. The molecule has 4 heteroatoms. The summed E-state index contributed by atoms with van der Waals surface area (Å²) >= 11 is 1.67. The minimum absolute atomic E-state index is 0.0393. The summed E-state index contributed by atoms with van der Waals surface area (Å²) in [5.74, 6) is 0.771. The van der Waals surface area contributed by atoms with Gasteiger partial charge in [0.2, 0.25) is 0 Å². The maximum atomic E-state index is 9.21. The third kappa shape index (κ3) is 2.68. The molecule has 0 saturated heterocycles. The zero-order valence-corrected chi connectivity index (χ0v) is 9.04. The van der Waals surface area contributed by atoms with Gasteiger partial charge in [-0.3, -0.25) is 0 Å². The molecule has 0 bridgehead atoms. The molecule has 0 saturated carbocycles. The van der Waals surface area contributed by atoms with Gasteiger partial charge in [-0.05, 0) is 34.5 Å². The molecule has 1 atom stereocenters. The second-order valence-electron chi connectivity index (χ2n) is 3.26. The number of hydrogen-bond acceptors (Lipinski definition) is 4. The van der Waals surface area contributed by atoms with Crippen molar-refractivity contribution in [2.24, 2.45) is 0 Å². The fraction of sp³-hybridized carbons (Fsp3) is 0.273. The summed E-state index contributed by atoms with van der Waals surface area (Å²) in [6.07, 6.45) is 1.62. The van der Waals surface area contributed by atoms with Gasteiger partial charge in [0.05, 0.1) is 18.9 Å². The summed E-state index contributed by atoms with van der Waals surface area (Å²) in [6.45, 7) is 0.785. The number of furan rings is 1. The van der Waals surface area contributed by atoms with E-state index in [1.54, 1.807) is 17.6 Å². The van der Waals surface area contributed by atoms with E-state index in [0.29, 0.717) is 0 Å². The number of nitrogens with one attached hydrogen (secondary N) is 1. The van der Waals surface area contributed by atoms with Crippen LogP contribution in [-0.2, 0) is 6.54 Å². The molecule has 80 valence electrons. The quantitative estimate of drug-likeness (QED) is 0.816. The zero-order valence-electron chi connectivity index (χ0n) is 8.22. The molecule has 0 fully saturated rings. The van der Waals surface area contributed by atoms with Gasteiger partial charge in [0.15, 0.2) is 0 Å². The Morgan fingerprint density at radius 1 is 1.47 bits per heavy atom. The molecule has 3 nitrogen and oxygen atoms in total. The van der Waals surface area contributed by atoms with E-state index < -0.39 is 0 Å². The normalized spacial score (nSPS) is 12.9. The van der Waals surface area contributed by atoms with Crippen molar-refractivity contribution in [3.63, 3.8) is 0 Å². The van der Waals surface area contributed by atoms with Crippen LogP contribution in [0.25, 0.3) is 0 Å². The van der Waals surface area contributed by atoms with Crippen molar-refractivity contribution in [2.75, 3.05) is 6.61 Å². The summed E-state index contributed by atoms with van der Waals surface area (Å²) in [6, 6.07) is 5.62. The minimum atomic E-state index is -0.125. The van der Waals surface area contributed by atoms with Crippen LogP contribution in [0.3, 0.4) is 0 Å². The van der Waals surface area contributed by atoms with Crippen molar-refractivity contribution in [1.82, 2.24) is 5.32 Å². The lowest BCUT2D eigenvalue weighted by molar-refractivity contribution is 0.225. The van der Waals surface area contributed by atoms with Crippen molar-refractivity contribution < 1.29 is 9.52 Å². The molecule has 0 spiro atoms. The predicted molar refractivity (Wildman–Crippen MR) is 59.7 cm³/mol. The Kier molecular flexibility index (Phi) is 3.55. The summed E-state index contributed by atoms with van der Waals surface area (Å²) in [4.78, 5) is 0. The van der Waals surface area contributed by atoms with E-state index in [2.05, 4.69) is 16.8 Å². The van der Waals surface area contributed by atoms with Gasteiger partial charge in [-0.25, -0.2) is 0 Å². The summed E-state index contributed by atoms with van der Waals surface area (Å²) < 4.78 is 5.24. The summed E-state index contributed by atoms with van der Waals surface area (Å²) in [5, 5.41) is 16.6. The molecule has 2 rings (SSSR count). The monoisotopic (exact) mass is 223 g/mol. The molecule has 2 N–H and O–H groups in total. The second-order valence-corrected chi connectivity index (χ2v) is 4.04. The molecule has 15 heavy (non-hydrogen) atoms. The summed E-state index contributed by atoms with van der Waals surface area (Å²) in [5.41, 5.74) is 1.23. The standard InChI is InChI=1S/C11H13NO2S/c13-7-10(11-2-1-4-14-11)12-6-9-3-5-15-8-9/h1-5,8,10,12-13H,6-7H2. The Labute approximate surface area is 92.4 Å². The van der Waals surface area contributed by atoms with Crippen LogP contribution < -0.4 is 5.32 Å². The number of hydrogen-bond donors (Lipinski definition) is 2. The molecule has 2 aromatic rings. The highest BCUT2D eigenvalue weighted by Crippen LogP contribution is 2.14. The minimum Gasteiger partial charge on any atom is -0.468 e. The number of thiophene rings is 1. The fourth-order valence-electron chi connectivity index (χ4n) is 1.38. The molecule has 0 aliphatic heterocycles. The smallest absolute Gasteiger partial charge is 0.123 e. The molecular weight excluding hydrogens is 210 g/mol. The molecule has 1 unspecified atom stereocenters. The van der Waals surface area contributed by atoms with Crippen LogP contribution in [-0.4, -0.2) is 11.7 Å². The first-order chi connectivity index (χ1) is 7.40. The van der Waals surface area contributed by atoms with E-state index in [1.807, 2.05) is 17.5 Å². The van der Waals surface area contributed by atoms with E-state index >= 15 is 0 Å². The lowest BCUT2D eigenvalue weighted by atomic mass is 10.2. The Morgan fingerprint density at radius 2 is 2.40 bits per heavy atom. The maximum absolute atomic E-state index is 9.21. The number of rotatable bonds is 5. The molecule has 0 aliphatic rings. The SMILES string of the molecule is OCC(NCc1ccsc1)c1ccco1. The molecule has 0 amide bonds. The van der Waals surface area contributed by atoms with E-state index in [9.17, 15) is 5.11 Å². The molecule has 2 aromatic heterocycles. The second kappa shape index (κ2) is 5.11. The lowest BCUT2D eigenvalue weighted by Gasteiger charge is -2.12. The van der Waals surface area contributed by atoms with Crippen LogP contribution in [0, 0.1) is 0 Å². The van der Waals surface area contributed by atoms with Crippen molar-refractivity contribution in [3.8, 4) is 0 Å². The Morgan fingerprint density at radius 3 is 3.00 bits per heavy atom. The van der Waals surface area contributed by atoms with Gasteiger partial charge in [-0.15, -0.1) is 0 Å². The van der Waals surface area contributed by atoms with Gasteiger partial charge in [-0.2, -0.15) is 11.3 Å². The van der Waals surface area contributed by atoms with Crippen LogP contribution in [0.4, 0.5) is 0 Å². The van der Waals surface area contributed by atoms with Gasteiger partial charge in [0.25, 0.3) is 0 Å². The first-order valence-electron chi connectivity index (χ1n) is 4.79. The molecule has 0 radical (unpaired) electrons. The van der Waals surface area contributed by atoms with Gasteiger partial charge < -0.3 is 14.8 Å². The van der Waals surface area contributed by atoms with Gasteiger partial charge >= 0.3 is 0 Å². The van der Waals surface area contributed by atoms with Crippen molar-refractivity contribution in [1.29, 1.82) is 0 Å². The average molecular weight is 223 g/mol. The Hall–Kier alpha value is -1.10. The van der Waals surface area contributed by atoms with Crippen LogP contribution in [0.1, 0.15) is 17.4 Å². The first-order valence-corrected chi connectivity index (χ1v) is 5.73. The zero-order chi connectivity index (χ0) is 10.5. The summed E-state index contributed by atoms with van der Waals surface area (Å²) in [7, 11) is 0. The van der Waals surface area contributed by atoms with E-state index in [1.165, 1.54) is 5.56 Å². The Bertz CT molecular complexity index is 369. The van der Waals surface area contributed by atoms with Crippen LogP contribution in [0.15, 0.2) is 39.6 Å². The maximum Gasteiger partial charge on any atom is 0.123 e. The van der Waals surface area contributed by atoms with Crippen LogP contribution in [0.5, 0.6) is 0 Å². The van der Waals surface area contributed by atoms with Crippen molar-refractivity contribution in [2.45, 2.75) is 12.6 Å². The first kappa shape index (κ1) is 10.4. The topological polar surface area (TPSA) is 45.4 Å². The van der Waals surface area contributed by atoms with E-state index in [0.717, 1.165) is 12.3 Å². The number of aliphatic hydroxyl groups excluding tert-OH is 1. The van der Waals surface area contributed by atoms with Gasteiger partial charge in [0.1, 0.15) is 5.76 Å². The van der Waals surface area contributed by atoms with E-state index in [-0.39, 0.29) is 12.6 Å². The molecule has 0 aromatic carbocycles. The largest absolute Gasteiger partial charge is 0.468 e. The van der Waals surface area contributed by atoms with E-state index in [4.69, 9.17) is 4.42 Å². The highest BCUT2D eigenvalue weighted by molar-refractivity contribution is 7.07. The molecular formula is C11H13NO2S. The van der Waals surface area contributed by atoms with Crippen LogP contribution in [0.2, 0.25) is 0 Å². The highest BCUT2D eigenvalue weighted by Gasteiger charge is 2.11. The number of aliphatic hydroxyl groups is 1. The molecule has 0 aliphatic carbocycles. The van der Waals surface area contributed by atoms with Crippen LogP contribution >= 0.6 is 11.3 Å². The Balaban J connectivity index is 1.92. The van der Waals surface area contributed by atoms with Gasteiger partial charge in [0, 0.05) is 6.54 Å². The fourth-order valence-corrected chi connectivity index (χ4v) is 2.05. The third-order valence-corrected chi connectivity index (χ3v) is 2.93. The van der Waals surface area contributed by atoms with Crippen molar-refractivity contribution >= 4 is 11.3 Å². The van der Waals surface area contributed by atoms with Gasteiger partial charge in [-0.1, -0.05) is 0 Å². The van der Waals surface area contributed by atoms with Crippen molar-refractivity contribution in [3.05, 3.63) is 46.5 Å². The third-order valence-electron chi connectivity index (χ3n) is 2.20. The molecule has 2 heterocycles.